The summed E-state index contributed by atoms with van der Waals surface area (Å²) in [7, 11) is 4.42. The van der Waals surface area contributed by atoms with Crippen molar-refractivity contribution in [1.82, 2.24) is 29.5 Å². The molecule has 10 nitrogen and oxygen atoms in total. The second-order valence-corrected chi connectivity index (χ2v) is 11.9. The first-order valence-corrected chi connectivity index (χ1v) is 14.9. The number of aryl methyl sites for hydroxylation is 1. The lowest BCUT2D eigenvalue weighted by molar-refractivity contribution is 0.0812. The number of hydrogen-bond donors (Lipinski definition) is 4. The van der Waals surface area contributed by atoms with Gasteiger partial charge in [-0.05, 0) is 97.0 Å². The van der Waals surface area contributed by atoms with E-state index >= 15 is 0 Å². The predicted octanol–water partition coefficient (Wildman–Crippen LogP) is 3.82. The minimum atomic E-state index is 0.361. The fraction of sp³-hybridized carbons (Fsp3) is 0.704. The van der Waals surface area contributed by atoms with Crippen LogP contribution in [0.25, 0.3) is 10.2 Å². The van der Waals surface area contributed by atoms with Crippen molar-refractivity contribution in [1.29, 1.82) is 5.41 Å². The van der Waals surface area contributed by atoms with Crippen molar-refractivity contribution in [2.24, 2.45) is 0 Å². The Hall–Kier alpha value is -2.34. The zero-order chi connectivity index (χ0) is 26.5. The molecule has 11 heteroatoms. The first-order chi connectivity index (χ1) is 18.5. The van der Waals surface area contributed by atoms with Crippen molar-refractivity contribution in [2.75, 3.05) is 51.0 Å². The monoisotopic (exact) mass is 541 g/mol. The van der Waals surface area contributed by atoms with Gasteiger partial charge >= 0.3 is 0 Å². The van der Waals surface area contributed by atoms with E-state index in [9.17, 15) is 0 Å². The SMILES string of the molecule is Cc1nsc2nc(N/C(C=N)=C/NC3CCOCC3)nc(NC3CCC(N4CCC(N(C)C)CC4)CC3)c12. The van der Waals surface area contributed by atoms with Crippen LogP contribution < -0.4 is 16.0 Å². The molecule has 5 rings (SSSR count). The summed E-state index contributed by atoms with van der Waals surface area (Å²) in [6.45, 7) is 6.01. The number of piperidine rings is 1. The predicted molar refractivity (Wildman–Crippen MR) is 155 cm³/mol. The number of ether oxygens (including phenoxy) is 1. The van der Waals surface area contributed by atoms with E-state index in [1.54, 1.807) is 0 Å². The first-order valence-electron chi connectivity index (χ1n) is 14.1. The highest BCUT2D eigenvalue weighted by Gasteiger charge is 2.30. The van der Waals surface area contributed by atoms with Crippen LogP contribution in [-0.4, -0.2) is 94.9 Å². The Morgan fingerprint density at radius 1 is 1.03 bits per heavy atom. The number of hydrogen-bond acceptors (Lipinski definition) is 11. The van der Waals surface area contributed by atoms with Crippen LogP contribution in [0.5, 0.6) is 0 Å². The highest BCUT2D eigenvalue weighted by atomic mass is 32.1. The highest BCUT2D eigenvalue weighted by Crippen LogP contribution is 2.32. The zero-order valence-corrected chi connectivity index (χ0v) is 23.8. The summed E-state index contributed by atoms with van der Waals surface area (Å²) in [5.74, 6) is 1.34. The summed E-state index contributed by atoms with van der Waals surface area (Å²) >= 11 is 1.40. The van der Waals surface area contributed by atoms with Gasteiger partial charge < -0.3 is 35.9 Å². The molecule has 3 aliphatic rings. The van der Waals surface area contributed by atoms with Crippen molar-refractivity contribution in [3.05, 3.63) is 17.6 Å². The molecular formula is C27H43N9OS. The molecular weight excluding hydrogens is 498 g/mol. The van der Waals surface area contributed by atoms with Crippen LogP contribution in [0, 0.1) is 12.3 Å². The molecule has 2 aromatic rings. The van der Waals surface area contributed by atoms with Crippen molar-refractivity contribution < 1.29 is 4.74 Å². The molecule has 0 amide bonds. The lowest BCUT2D eigenvalue weighted by Crippen LogP contribution is -2.48. The molecule has 0 radical (unpaired) electrons. The van der Waals surface area contributed by atoms with Crippen LogP contribution in [0.1, 0.15) is 57.1 Å². The van der Waals surface area contributed by atoms with Crippen molar-refractivity contribution >= 4 is 39.7 Å². The Kier molecular flexibility index (Phi) is 9.08. The van der Waals surface area contributed by atoms with Gasteiger partial charge in [0.05, 0.1) is 16.8 Å². The second-order valence-electron chi connectivity index (χ2n) is 11.1. The summed E-state index contributed by atoms with van der Waals surface area (Å²) in [6.07, 6.45) is 12.4. The molecule has 0 bridgehead atoms. The largest absolute Gasteiger partial charge is 0.386 e. The van der Waals surface area contributed by atoms with Gasteiger partial charge in [-0.15, -0.1) is 0 Å². The van der Waals surface area contributed by atoms with E-state index in [2.05, 4.69) is 44.2 Å². The summed E-state index contributed by atoms with van der Waals surface area (Å²) in [5.41, 5.74) is 1.59. The molecule has 0 unspecified atom stereocenters. The Labute approximate surface area is 230 Å². The van der Waals surface area contributed by atoms with E-state index in [4.69, 9.17) is 20.1 Å². The number of rotatable bonds is 9. The van der Waals surface area contributed by atoms with Gasteiger partial charge in [0.1, 0.15) is 5.82 Å². The number of likely N-dealkylation sites (tertiary alicyclic amines) is 1. The number of fused-ring (bicyclic) bond motifs is 1. The number of allylic oxidation sites excluding steroid dienone is 1. The molecule has 208 valence electrons. The molecule has 4 N–H and O–H groups in total. The standard InChI is InChI=1S/C27H43N9OS/c1-18-24-25(30-20-4-6-23(7-5-20)36-12-8-22(9-13-36)35(2)3)32-27(33-26(24)38-34-18)31-21(16-28)17-29-19-10-14-37-15-11-19/h16-17,19-20,22-23,28-29H,4-15H2,1-3H3,(H2,30,31,32,33)/b21-17+,28-16?. The van der Waals surface area contributed by atoms with E-state index < -0.39 is 0 Å². The van der Waals surface area contributed by atoms with Gasteiger partial charge in [-0.1, -0.05) is 0 Å². The van der Waals surface area contributed by atoms with Crippen LogP contribution in [0.2, 0.25) is 0 Å². The van der Waals surface area contributed by atoms with Crippen LogP contribution in [-0.2, 0) is 4.74 Å². The van der Waals surface area contributed by atoms with E-state index in [1.165, 1.54) is 56.5 Å². The van der Waals surface area contributed by atoms with Crippen molar-refractivity contribution in [2.45, 2.75) is 82.5 Å². The van der Waals surface area contributed by atoms with Gasteiger partial charge in [0.15, 0.2) is 4.83 Å². The summed E-state index contributed by atoms with van der Waals surface area (Å²) in [5, 5.41) is 19.3. The fourth-order valence-corrected chi connectivity index (χ4v) is 6.79. The summed E-state index contributed by atoms with van der Waals surface area (Å²) in [6, 6.07) is 2.19. The van der Waals surface area contributed by atoms with Gasteiger partial charge in [-0.2, -0.15) is 14.3 Å². The van der Waals surface area contributed by atoms with Gasteiger partial charge in [0.25, 0.3) is 0 Å². The molecule has 0 atom stereocenters. The minimum Gasteiger partial charge on any atom is -0.386 e. The van der Waals surface area contributed by atoms with E-state index in [0.29, 0.717) is 29.8 Å². The van der Waals surface area contributed by atoms with E-state index in [1.807, 2.05) is 13.1 Å². The summed E-state index contributed by atoms with van der Waals surface area (Å²) < 4.78 is 9.99. The number of aromatic nitrogens is 3. The Bertz CT molecular complexity index is 1100. The van der Waals surface area contributed by atoms with E-state index in [0.717, 1.165) is 66.7 Å². The number of nitrogens with one attached hydrogen (secondary N) is 4. The average Bonchev–Trinajstić information content (AvgIpc) is 3.32. The molecule has 3 fully saturated rings. The molecule has 0 spiro atoms. The molecule has 0 aromatic carbocycles. The highest BCUT2D eigenvalue weighted by molar-refractivity contribution is 7.13. The van der Waals surface area contributed by atoms with Gasteiger partial charge in [0.2, 0.25) is 5.95 Å². The Morgan fingerprint density at radius 3 is 2.45 bits per heavy atom. The molecule has 1 saturated carbocycles. The van der Waals surface area contributed by atoms with Gasteiger partial charge in [-0.3, -0.25) is 0 Å². The average molecular weight is 542 g/mol. The second kappa shape index (κ2) is 12.7. The maximum Gasteiger partial charge on any atom is 0.230 e. The quantitative estimate of drug-likeness (QED) is 0.352. The minimum absolute atomic E-state index is 0.361. The number of nitrogens with zero attached hydrogens (tertiary/aromatic N) is 5. The maximum atomic E-state index is 7.88. The van der Waals surface area contributed by atoms with Crippen molar-refractivity contribution in [3.8, 4) is 0 Å². The Balaban J connectivity index is 1.22. The third-order valence-electron chi connectivity index (χ3n) is 8.40. The van der Waals surface area contributed by atoms with Crippen LogP contribution >= 0.6 is 11.5 Å². The molecule has 38 heavy (non-hydrogen) atoms. The zero-order valence-electron chi connectivity index (χ0n) is 23.0. The van der Waals surface area contributed by atoms with Gasteiger partial charge in [0, 0.05) is 49.8 Å². The first kappa shape index (κ1) is 27.2. The third-order valence-corrected chi connectivity index (χ3v) is 9.23. The summed E-state index contributed by atoms with van der Waals surface area (Å²) in [4.78, 5) is 15.6. The maximum absolute atomic E-state index is 7.88. The van der Waals surface area contributed by atoms with Crippen LogP contribution in [0.4, 0.5) is 11.8 Å². The van der Waals surface area contributed by atoms with Crippen LogP contribution in [0.15, 0.2) is 11.9 Å². The third kappa shape index (κ3) is 6.62. The fourth-order valence-electron chi connectivity index (χ4n) is 6.01. The topological polar surface area (TPSA) is 114 Å². The molecule has 2 aromatic heterocycles. The molecule has 1 aliphatic carbocycles. The lowest BCUT2D eigenvalue weighted by Gasteiger charge is -2.42. The van der Waals surface area contributed by atoms with Crippen LogP contribution in [0.3, 0.4) is 0 Å². The molecule has 2 saturated heterocycles. The molecule has 4 heterocycles. The van der Waals surface area contributed by atoms with E-state index in [-0.39, 0.29) is 0 Å². The van der Waals surface area contributed by atoms with Gasteiger partial charge in [-0.25, -0.2) is 0 Å². The lowest BCUT2D eigenvalue weighted by atomic mass is 9.88. The van der Waals surface area contributed by atoms with Crippen molar-refractivity contribution in [3.63, 3.8) is 0 Å². The Morgan fingerprint density at radius 2 is 1.76 bits per heavy atom. The normalized spacial score (nSPS) is 24.6. The number of anilines is 2. The smallest absolute Gasteiger partial charge is 0.230 e. The molecule has 2 aliphatic heterocycles.